The minimum Gasteiger partial charge on any atom is -0.451 e. The van der Waals surface area contributed by atoms with Crippen LogP contribution in [0, 0.1) is 6.92 Å². The number of hydrogen-bond acceptors (Lipinski definition) is 5. The average Bonchev–Trinajstić information content (AvgIpc) is 3.25. The Morgan fingerprint density at radius 3 is 2.70 bits per heavy atom. The molecule has 0 saturated heterocycles. The lowest BCUT2D eigenvalue weighted by Crippen LogP contribution is -2.36. The molecule has 27 heavy (non-hydrogen) atoms. The van der Waals surface area contributed by atoms with E-state index in [1.807, 2.05) is 25.1 Å². The largest absolute Gasteiger partial charge is 0.451 e. The van der Waals surface area contributed by atoms with E-state index >= 15 is 0 Å². The monoisotopic (exact) mass is 367 g/mol. The predicted molar refractivity (Wildman–Crippen MR) is 98.7 cm³/mol. The quantitative estimate of drug-likeness (QED) is 0.559. The number of imidazole rings is 1. The van der Waals surface area contributed by atoms with E-state index in [1.54, 1.807) is 6.07 Å². The molecule has 9 nitrogen and oxygen atoms in total. The highest BCUT2D eigenvalue weighted by Gasteiger charge is 2.18. The van der Waals surface area contributed by atoms with E-state index < -0.39 is 11.2 Å². The molecular formula is C18H17N5O4. The fraction of sp³-hybridized carbons (Fsp3) is 0.222. The number of carbonyl (C=O) groups excluding carboxylic acids is 1. The second kappa shape index (κ2) is 5.97. The fourth-order valence-corrected chi connectivity index (χ4v) is 3.09. The van der Waals surface area contributed by atoms with Crippen LogP contribution in [0.5, 0.6) is 0 Å². The lowest BCUT2D eigenvalue weighted by atomic mass is 10.1. The van der Waals surface area contributed by atoms with E-state index in [4.69, 9.17) is 4.42 Å². The summed E-state index contributed by atoms with van der Waals surface area (Å²) in [6.07, 6.45) is 0. The number of para-hydroxylation sites is 1. The number of nitrogens with zero attached hydrogens (tertiary/aromatic N) is 3. The van der Waals surface area contributed by atoms with Gasteiger partial charge in [-0.2, -0.15) is 0 Å². The molecule has 0 radical (unpaired) electrons. The summed E-state index contributed by atoms with van der Waals surface area (Å²) in [6, 6.07) is 7.41. The van der Waals surface area contributed by atoms with E-state index in [2.05, 4.69) is 15.3 Å². The van der Waals surface area contributed by atoms with Gasteiger partial charge in [-0.15, -0.1) is 0 Å². The first-order chi connectivity index (χ1) is 12.9. The highest BCUT2D eigenvalue weighted by molar-refractivity contribution is 5.98. The molecule has 3 aromatic heterocycles. The summed E-state index contributed by atoms with van der Waals surface area (Å²) in [5.74, 6) is 0.215. The first kappa shape index (κ1) is 16.8. The third-order valence-electron chi connectivity index (χ3n) is 4.61. The molecule has 0 aliphatic carbocycles. The molecule has 0 bridgehead atoms. The summed E-state index contributed by atoms with van der Waals surface area (Å²) in [7, 11) is 2.93. The number of aromatic nitrogens is 4. The molecule has 3 heterocycles. The Morgan fingerprint density at radius 2 is 1.96 bits per heavy atom. The zero-order valence-electron chi connectivity index (χ0n) is 15.0. The number of rotatable bonds is 3. The number of carbonyl (C=O) groups is 1. The molecule has 1 aromatic carbocycles. The molecule has 0 atom stereocenters. The van der Waals surface area contributed by atoms with Crippen molar-refractivity contribution in [3.05, 3.63) is 62.3 Å². The summed E-state index contributed by atoms with van der Waals surface area (Å²) in [6.45, 7) is 1.88. The van der Waals surface area contributed by atoms with Crippen molar-refractivity contribution < 1.29 is 9.21 Å². The van der Waals surface area contributed by atoms with Crippen molar-refractivity contribution in [1.82, 2.24) is 24.4 Å². The van der Waals surface area contributed by atoms with Gasteiger partial charge < -0.3 is 14.7 Å². The number of furan rings is 1. The molecule has 0 aliphatic heterocycles. The lowest BCUT2D eigenvalue weighted by molar-refractivity contribution is 0.0923. The van der Waals surface area contributed by atoms with Gasteiger partial charge in [-0.3, -0.25) is 18.7 Å². The van der Waals surface area contributed by atoms with Gasteiger partial charge in [0.2, 0.25) is 0 Å². The van der Waals surface area contributed by atoms with E-state index in [9.17, 15) is 14.4 Å². The Hall–Kier alpha value is -3.62. The number of amides is 1. The minimum absolute atomic E-state index is 0.0569. The Morgan fingerprint density at radius 1 is 1.22 bits per heavy atom. The van der Waals surface area contributed by atoms with Crippen molar-refractivity contribution in [2.24, 2.45) is 14.1 Å². The fourth-order valence-electron chi connectivity index (χ4n) is 3.09. The summed E-state index contributed by atoms with van der Waals surface area (Å²) < 4.78 is 7.92. The number of aromatic amines is 1. The number of hydrogen-bond donors (Lipinski definition) is 2. The van der Waals surface area contributed by atoms with E-state index in [1.165, 1.54) is 18.7 Å². The maximum atomic E-state index is 12.5. The van der Waals surface area contributed by atoms with Crippen molar-refractivity contribution in [1.29, 1.82) is 0 Å². The molecule has 0 saturated carbocycles. The van der Waals surface area contributed by atoms with E-state index in [0.717, 1.165) is 15.5 Å². The second-order valence-electron chi connectivity index (χ2n) is 6.32. The molecule has 0 spiro atoms. The van der Waals surface area contributed by atoms with Gasteiger partial charge in [-0.05, 0) is 13.0 Å². The third kappa shape index (κ3) is 2.55. The van der Waals surface area contributed by atoms with Gasteiger partial charge in [0.1, 0.15) is 16.9 Å². The van der Waals surface area contributed by atoms with Gasteiger partial charge >= 0.3 is 5.69 Å². The second-order valence-corrected chi connectivity index (χ2v) is 6.32. The highest BCUT2D eigenvalue weighted by Crippen LogP contribution is 2.24. The SMILES string of the molecule is Cc1c(C(=O)NCc2nc3c([nH]2)c(=O)n(C)c(=O)n3C)oc2ccccc12. The summed E-state index contributed by atoms with van der Waals surface area (Å²) >= 11 is 0. The molecule has 4 aromatic rings. The molecular weight excluding hydrogens is 350 g/mol. The van der Waals surface area contributed by atoms with Crippen LogP contribution >= 0.6 is 0 Å². The Balaban J connectivity index is 1.63. The molecule has 9 heteroatoms. The van der Waals surface area contributed by atoms with E-state index in [-0.39, 0.29) is 29.4 Å². The van der Waals surface area contributed by atoms with Crippen molar-refractivity contribution in [3.63, 3.8) is 0 Å². The first-order valence-electron chi connectivity index (χ1n) is 8.29. The summed E-state index contributed by atoms with van der Waals surface area (Å²) in [5, 5.41) is 3.60. The van der Waals surface area contributed by atoms with Crippen LogP contribution in [0.1, 0.15) is 21.9 Å². The van der Waals surface area contributed by atoms with E-state index in [0.29, 0.717) is 11.4 Å². The number of aryl methyl sites for hydroxylation is 2. The van der Waals surface area contributed by atoms with Crippen molar-refractivity contribution in [3.8, 4) is 0 Å². The van der Waals surface area contributed by atoms with Gasteiger partial charge in [0.05, 0.1) is 6.54 Å². The topological polar surface area (TPSA) is 115 Å². The highest BCUT2D eigenvalue weighted by atomic mass is 16.3. The zero-order valence-corrected chi connectivity index (χ0v) is 15.0. The smallest absolute Gasteiger partial charge is 0.332 e. The number of benzene rings is 1. The summed E-state index contributed by atoms with van der Waals surface area (Å²) in [4.78, 5) is 43.8. The van der Waals surface area contributed by atoms with Gasteiger partial charge in [-0.1, -0.05) is 18.2 Å². The van der Waals surface area contributed by atoms with Crippen LogP contribution in [0.2, 0.25) is 0 Å². The molecule has 2 N–H and O–H groups in total. The van der Waals surface area contributed by atoms with Gasteiger partial charge in [0.15, 0.2) is 11.4 Å². The summed E-state index contributed by atoms with van der Waals surface area (Å²) in [5.41, 5.74) is 0.918. The standard InChI is InChI=1S/C18H17N5O4/c1-9-10-6-4-5-7-11(10)27-14(9)16(24)19-8-12-20-13-15(21-12)22(2)18(26)23(3)17(13)25/h4-7H,8H2,1-3H3,(H,19,24)(H,20,21). The molecule has 1 amide bonds. The van der Waals surface area contributed by atoms with Crippen LogP contribution in [-0.2, 0) is 20.6 Å². The average molecular weight is 367 g/mol. The van der Waals surface area contributed by atoms with Crippen LogP contribution in [0.4, 0.5) is 0 Å². The molecule has 0 unspecified atom stereocenters. The van der Waals surface area contributed by atoms with Crippen LogP contribution in [-0.4, -0.2) is 25.0 Å². The lowest BCUT2D eigenvalue weighted by Gasteiger charge is -2.01. The van der Waals surface area contributed by atoms with Crippen molar-refractivity contribution >= 4 is 28.0 Å². The molecule has 0 aliphatic rings. The molecule has 4 rings (SSSR count). The Kier molecular flexibility index (Phi) is 3.72. The number of nitrogens with one attached hydrogen (secondary N) is 2. The van der Waals surface area contributed by atoms with Crippen molar-refractivity contribution in [2.45, 2.75) is 13.5 Å². The van der Waals surface area contributed by atoms with Crippen LogP contribution in [0.3, 0.4) is 0 Å². The molecule has 0 fully saturated rings. The predicted octanol–water partition coefficient (Wildman–Crippen LogP) is 0.945. The first-order valence-corrected chi connectivity index (χ1v) is 8.29. The maximum Gasteiger partial charge on any atom is 0.332 e. The Bertz CT molecular complexity index is 1320. The van der Waals surface area contributed by atoms with Crippen LogP contribution < -0.4 is 16.6 Å². The Labute approximate surface area is 152 Å². The van der Waals surface area contributed by atoms with Gasteiger partial charge in [-0.25, -0.2) is 9.78 Å². The van der Waals surface area contributed by atoms with Crippen molar-refractivity contribution in [2.75, 3.05) is 0 Å². The zero-order chi connectivity index (χ0) is 19.3. The normalized spacial score (nSPS) is 11.4. The minimum atomic E-state index is -0.466. The number of fused-ring (bicyclic) bond motifs is 2. The van der Waals surface area contributed by atoms with Crippen LogP contribution in [0.25, 0.3) is 22.1 Å². The maximum absolute atomic E-state index is 12.5. The molecule has 138 valence electrons. The van der Waals surface area contributed by atoms with Gasteiger partial charge in [0.25, 0.3) is 11.5 Å². The number of H-pyrrole nitrogens is 1. The third-order valence-corrected chi connectivity index (χ3v) is 4.61. The van der Waals surface area contributed by atoms with Gasteiger partial charge in [0, 0.05) is 25.0 Å². The van der Waals surface area contributed by atoms with Crippen LogP contribution in [0.15, 0.2) is 38.3 Å².